The van der Waals surface area contributed by atoms with Crippen molar-refractivity contribution in [3.63, 3.8) is 0 Å². The fourth-order valence-electron chi connectivity index (χ4n) is 4.18. The minimum atomic E-state index is -3.04. The number of carbonyl (C=O) groups excluding carboxylic acids is 2. The standard InChI is InChI=1S/C30H27Cl2F2NO6/c31-23-12-35-13-24(32)22(23)11-27(19-7-8-25(41-30(33)34)28(9-19)39-16-18-3-4-18)40-29(37)20-5-6-21(14-36)26(10-20)38-15-17-1-2-17/h5-10,12-14,17-18,27,30H,1-4,11,15-16H2/p+1/t27-/m0/s1. The average molecular weight is 607 g/mol. The van der Waals surface area contributed by atoms with E-state index in [1.807, 2.05) is 0 Å². The number of hydrogen-bond donors (Lipinski definition) is 0. The fourth-order valence-corrected chi connectivity index (χ4v) is 4.71. The van der Waals surface area contributed by atoms with Gasteiger partial charge >= 0.3 is 12.6 Å². The molecule has 216 valence electrons. The van der Waals surface area contributed by atoms with Crippen LogP contribution in [-0.4, -0.2) is 32.1 Å². The molecule has 0 radical (unpaired) electrons. The molecular formula is C30H28Cl2F2NO6+. The monoisotopic (exact) mass is 606 g/mol. The molecule has 0 aliphatic heterocycles. The molecule has 0 unspecified atom stereocenters. The van der Waals surface area contributed by atoms with Crippen molar-refractivity contribution in [2.75, 3.05) is 13.2 Å². The van der Waals surface area contributed by atoms with Gasteiger partial charge in [0.1, 0.15) is 21.9 Å². The van der Waals surface area contributed by atoms with Gasteiger partial charge in [-0.05, 0) is 73.4 Å². The molecule has 0 spiro atoms. The summed E-state index contributed by atoms with van der Waals surface area (Å²) in [6.07, 6.45) is 7.04. The van der Waals surface area contributed by atoms with Crippen molar-refractivity contribution in [3.8, 4) is 17.2 Å². The minimum absolute atomic E-state index is 0.0761. The molecule has 2 aliphatic carbocycles. The zero-order chi connectivity index (χ0) is 28.9. The van der Waals surface area contributed by atoms with Crippen molar-refractivity contribution in [1.82, 2.24) is 0 Å². The zero-order valence-electron chi connectivity index (χ0n) is 21.9. The van der Waals surface area contributed by atoms with Gasteiger partial charge in [0.2, 0.25) is 0 Å². The maximum atomic E-state index is 13.4. The van der Waals surface area contributed by atoms with E-state index in [1.165, 1.54) is 36.4 Å². The minimum Gasteiger partial charge on any atom is -0.493 e. The second-order valence-corrected chi connectivity index (χ2v) is 11.0. The van der Waals surface area contributed by atoms with Gasteiger partial charge in [-0.3, -0.25) is 4.79 Å². The molecule has 2 fully saturated rings. The second-order valence-electron chi connectivity index (χ2n) is 10.2. The lowest BCUT2D eigenvalue weighted by Gasteiger charge is -2.21. The normalized spacial score (nSPS) is 15.3. The highest BCUT2D eigenvalue weighted by molar-refractivity contribution is 6.35. The first-order chi connectivity index (χ1) is 19.8. The summed E-state index contributed by atoms with van der Waals surface area (Å²) < 4.78 is 48.4. The molecule has 1 N–H and O–H groups in total. The molecule has 2 aliphatic rings. The third-order valence-electron chi connectivity index (χ3n) is 6.91. The molecule has 0 saturated heterocycles. The molecule has 41 heavy (non-hydrogen) atoms. The van der Waals surface area contributed by atoms with E-state index in [1.54, 1.807) is 12.4 Å². The maximum absolute atomic E-state index is 13.4. The molecular weight excluding hydrogens is 579 g/mol. The first-order valence-electron chi connectivity index (χ1n) is 13.3. The van der Waals surface area contributed by atoms with E-state index in [9.17, 15) is 18.4 Å². The Morgan fingerprint density at radius 1 is 0.927 bits per heavy atom. The maximum Gasteiger partial charge on any atom is 0.387 e. The van der Waals surface area contributed by atoms with Gasteiger partial charge < -0.3 is 18.9 Å². The predicted molar refractivity (Wildman–Crippen MR) is 146 cm³/mol. The Kier molecular flexibility index (Phi) is 9.25. The van der Waals surface area contributed by atoms with E-state index in [0.717, 1.165) is 25.7 Å². The van der Waals surface area contributed by atoms with Gasteiger partial charge in [0.25, 0.3) is 0 Å². The van der Waals surface area contributed by atoms with Crippen LogP contribution in [0.15, 0.2) is 48.8 Å². The van der Waals surface area contributed by atoms with E-state index in [2.05, 4.69) is 9.72 Å². The number of rotatable bonds is 14. The highest BCUT2D eigenvalue weighted by Gasteiger charge is 2.27. The first-order valence-corrected chi connectivity index (χ1v) is 14.0. The van der Waals surface area contributed by atoms with Crippen molar-refractivity contribution in [3.05, 3.63) is 81.1 Å². The lowest BCUT2D eigenvalue weighted by molar-refractivity contribution is -0.377. The first kappa shape index (κ1) is 29.1. The van der Waals surface area contributed by atoms with E-state index >= 15 is 0 Å². The number of ether oxygens (including phenoxy) is 4. The van der Waals surface area contributed by atoms with Crippen LogP contribution in [0.25, 0.3) is 0 Å². The van der Waals surface area contributed by atoms with Crippen LogP contribution in [0.5, 0.6) is 17.2 Å². The molecule has 5 rings (SSSR count). The summed E-state index contributed by atoms with van der Waals surface area (Å²) in [7, 11) is 0. The van der Waals surface area contributed by atoms with Gasteiger partial charge in [0.05, 0.1) is 24.3 Å². The second kappa shape index (κ2) is 13.0. The van der Waals surface area contributed by atoms with Crippen LogP contribution in [-0.2, 0) is 11.2 Å². The third kappa shape index (κ3) is 7.86. The summed E-state index contributed by atoms with van der Waals surface area (Å²) in [6, 6.07) is 8.86. The van der Waals surface area contributed by atoms with Crippen LogP contribution in [0.2, 0.25) is 10.0 Å². The summed E-state index contributed by atoms with van der Waals surface area (Å²) in [5.74, 6) is 0.400. The van der Waals surface area contributed by atoms with Crippen LogP contribution in [0, 0.1) is 11.8 Å². The number of esters is 1. The van der Waals surface area contributed by atoms with Crippen molar-refractivity contribution in [2.45, 2.75) is 44.8 Å². The van der Waals surface area contributed by atoms with Crippen molar-refractivity contribution >= 4 is 35.5 Å². The van der Waals surface area contributed by atoms with Crippen LogP contribution < -0.4 is 19.2 Å². The molecule has 1 heterocycles. The largest absolute Gasteiger partial charge is 0.493 e. The van der Waals surface area contributed by atoms with Crippen molar-refractivity contribution in [2.24, 2.45) is 11.8 Å². The topological polar surface area (TPSA) is 85.2 Å². The number of alkyl halides is 2. The summed E-state index contributed by atoms with van der Waals surface area (Å²) in [6.45, 7) is -2.23. The molecule has 2 saturated carbocycles. The number of aromatic nitrogens is 1. The number of benzene rings is 2. The fraction of sp³-hybridized carbons (Fsp3) is 0.367. The number of aromatic amines is 1. The predicted octanol–water partition coefficient (Wildman–Crippen LogP) is 6.94. The van der Waals surface area contributed by atoms with Crippen LogP contribution in [0.3, 0.4) is 0 Å². The number of carbonyl (C=O) groups is 2. The molecule has 7 nitrogen and oxygen atoms in total. The SMILES string of the molecule is O=Cc1ccc(C(=O)O[C@@H](Cc2c(Cl)c[nH+]cc2Cl)c2ccc(OC(F)F)c(OCC3CC3)c2)cc1OCC1CC1. The van der Waals surface area contributed by atoms with Crippen molar-refractivity contribution in [1.29, 1.82) is 0 Å². The molecule has 1 aromatic heterocycles. The molecule has 11 heteroatoms. The molecule has 1 atom stereocenters. The number of aldehydes is 1. The molecule has 0 bridgehead atoms. The number of pyridine rings is 1. The van der Waals surface area contributed by atoms with E-state index < -0.39 is 18.7 Å². The van der Waals surface area contributed by atoms with Crippen molar-refractivity contribution < 1.29 is 42.3 Å². The van der Waals surface area contributed by atoms with Gasteiger partial charge in [0, 0.05) is 12.0 Å². The highest BCUT2D eigenvalue weighted by atomic mass is 35.5. The number of hydrogen-bond acceptors (Lipinski definition) is 6. The Labute approximate surface area is 245 Å². The van der Waals surface area contributed by atoms with Crippen LogP contribution in [0.4, 0.5) is 8.78 Å². The summed E-state index contributed by atoms with van der Waals surface area (Å²) >= 11 is 12.8. The zero-order valence-corrected chi connectivity index (χ0v) is 23.4. The Hall–Kier alpha value is -3.43. The Morgan fingerprint density at radius 2 is 1.59 bits per heavy atom. The van der Waals surface area contributed by atoms with Gasteiger partial charge in [-0.1, -0.05) is 29.3 Å². The van der Waals surface area contributed by atoms with E-state index in [-0.39, 0.29) is 23.5 Å². The smallest absolute Gasteiger partial charge is 0.387 e. The third-order valence-corrected chi connectivity index (χ3v) is 7.58. The van der Waals surface area contributed by atoms with E-state index in [4.69, 9.17) is 37.4 Å². The van der Waals surface area contributed by atoms with Crippen LogP contribution >= 0.6 is 23.2 Å². The van der Waals surface area contributed by atoms with Gasteiger partial charge in [-0.25, -0.2) is 9.78 Å². The van der Waals surface area contributed by atoms with Crippen LogP contribution in [0.1, 0.15) is 63.6 Å². The summed E-state index contributed by atoms with van der Waals surface area (Å²) in [4.78, 5) is 27.8. The summed E-state index contributed by atoms with van der Waals surface area (Å²) in [5.41, 5.74) is 1.47. The van der Waals surface area contributed by atoms with Gasteiger partial charge in [-0.15, -0.1) is 0 Å². The Balaban J connectivity index is 1.45. The van der Waals surface area contributed by atoms with Gasteiger partial charge in [0.15, 0.2) is 30.2 Å². The molecule has 2 aromatic carbocycles. The molecule has 0 amide bonds. The average Bonchev–Trinajstić information content (AvgIpc) is 3.88. The Morgan fingerprint density at radius 3 is 2.20 bits per heavy atom. The van der Waals surface area contributed by atoms with Gasteiger partial charge in [-0.2, -0.15) is 8.78 Å². The highest BCUT2D eigenvalue weighted by Crippen LogP contribution is 2.38. The number of nitrogens with one attached hydrogen (secondary N) is 1. The number of H-pyrrole nitrogens is 1. The lowest BCUT2D eigenvalue weighted by Crippen LogP contribution is -2.16. The Bertz CT molecular complexity index is 1390. The number of halogens is 4. The summed E-state index contributed by atoms with van der Waals surface area (Å²) in [5, 5.41) is 0.653. The lowest BCUT2D eigenvalue weighted by atomic mass is 10.0. The quantitative estimate of drug-likeness (QED) is 0.146. The van der Waals surface area contributed by atoms with E-state index in [0.29, 0.717) is 63.8 Å². The molecule has 3 aromatic rings.